The van der Waals surface area contributed by atoms with Crippen molar-refractivity contribution in [2.45, 2.75) is 19.4 Å². The molecule has 0 aromatic heterocycles. The van der Waals surface area contributed by atoms with Gasteiger partial charge in [0.25, 0.3) is 6.43 Å². The molecule has 1 unspecified atom stereocenters. The maximum Gasteiger partial charge on any atom is 0.251 e. The van der Waals surface area contributed by atoms with Crippen LogP contribution in [-0.4, -0.2) is 43.5 Å². The Morgan fingerprint density at radius 2 is 2.25 bits per heavy atom. The fourth-order valence-electron chi connectivity index (χ4n) is 1.37. The van der Waals surface area contributed by atoms with E-state index in [0.29, 0.717) is 6.04 Å². The lowest BCUT2D eigenvalue weighted by atomic mass is 10.2. The Bertz CT molecular complexity index is 122. The Labute approximate surface area is 77.7 Å². The zero-order valence-electron chi connectivity index (χ0n) is 7.09. The molecule has 1 fully saturated rings. The van der Waals surface area contributed by atoms with Crippen molar-refractivity contribution >= 4 is 12.4 Å². The van der Waals surface area contributed by atoms with Crippen molar-refractivity contribution in [3.05, 3.63) is 0 Å². The molecule has 0 aliphatic carbocycles. The van der Waals surface area contributed by atoms with Crippen molar-refractivity contribution in [1.82, 2.24) is 10.2 Å². The normalized spacial score (nSPS) is 25.5. The first-order valence-corrected chi connectivity index (χ1v) is 3.92. The lowest BCUT2D eigenvalue weighted by molar-refractivity contribution is 0.0747. The summed E-state index contributed by atoms with van der Waals surface area (Å²) in [5.74, 6) is 0. The highest BCUT2D eigenvalue weighted by Gasteiger charge is 2.18. The van der Waals surface area contributed by atoms with Crippen molar-refractivity contribution in [2.24, 2.45) is 0 Å². The first-order valence-electron chi connectivity index (χ1n) is 3.92. The summed E-state index contributed by atoms with van der Waals surface area (Å²) in [6.45, 7) is 4.25. The molecule has 0 spiro atoms. The average molecular weight is 201 g/mol. The number of hydrogen-bond donors (Lipinski definition) is 1. The van der Waals surface area contributed by atoms with Crippen molar-refractivity contribution in [2.75, 3.05) is 26.2 Å². The van der Waals surface area contributed by atoms with E-state index in [9.17, 15) is 8.78 Å². The first kappa shape index (κ1) is 12.1. The minimum absolute atomic E-state index is 0. The van der Waals surface area contributed by atoms with Crippen LogP contribution in [0.15, 0.2) is 0 Å². The Morgan fingerprint density at radius 3 is 2.75 bits per heavy atom. The highest BCUT2D eigenvalue weighted by molar-refractivity contribution is 5.85. The van der Waals surface area contributed by atoms with Crippen LogP contribution in [0.5, 0.6) is 0 Å². The van der Waals surface area contributed by atoms with Gasteiger partial charge in [-0.3, -0.25) is 4.90 Å². The maximum absolute atomic E-state index is 11.9. The standard InChI is InChI=1S/C7H14F2N2.ClH/c1-6-4-11(3-2-10-6)5-7(8)9;/h6-7,10H,2-5H2,1H3;1H. The second kappa shape index (κ2) is 5.67. The maximum atomic E-state index is 11.9. The molecule has 0 bridgehead atoms. The van der Waals surface area contributed by atoms with Crippen LogP contribution in [0.2, 0.25) is 0 Å². The third-order valence-corrected chi connectivity index (χ3v) is 1.85. The van der Waals surface area contributed by atoms with Gasteiger partial charge < -0.3 is 5.32 Å². The molecule has 1 saturated heterocycles. The molecule has 74 valence electrons. The molecule has 1 heterocycles. The Hall–Kier alpha value is 0.0700. The van der Waals surface area contributed by atoms with Crippen LogP contribution in [0.1, 0.15) is 6.92 Å². The quantitative estimate of drug-likeness (QED) is 0.715. The van der Waals surface area contributed by atoms with Crippen molar-refractivity contribution in [1.29, 1.82) is 0 Å². The van der Waals surface area contributed by atoms with Gasteiger partial charge >= 0.3 is 0 Å². The van der Waals surface area contributed by atoms with Crippen LogP contribution in [0.25, 0.3) is 0 Å². The summed E-state index contributed by atoms with van der Waals surface area (Å²) >= 11 is 0. The number of piperazine rings is 1. The van der Waals surface area contributed by atoms with Crippen molar-refractivity contribution < 1.29 is 8.78 Å². The molecule has 0 amide bonds. The van der Waals surface area contributed by atoms with Gasteiger partial charge in [0.05, 0.1) is 6.54 Å². The zero-order valence-corrected chi connectivity index (χ0v) is 7.91. The van der Waals surface area contributed by atoms with E-state index in [4.69, 9.17) is 0 Å². The molecule has 5 heteroatoms. The van der Waals surface area contributed by atoms with Crippen LogP contribution >= 0.6 is 12.4 Å². The lowest BCUT2D eigenvalue weighted by Gasteiger charge is -2.31. The van der Waals surface area contributed by atoms with E-state index in [-0.39, 0.29) is 19.0 Å². The van der Waals surface area contributed by atoms with Gasteiger partial charge in [-0.2, -0.15) is 0 Å². The molecule has 0 saturated carbocycles. The van der Waals surface area contributed by atoms with E-state index >= 15 is 0 Å². The van der Waals surface area contributed by atoms with Crippen molar-refractivity contribution in [3.8, 4) is 0 Å². The van der Waals surface area contributed by atoms with E-state index in [1.165, 1.54) is 0 Å². The Morgan fingerprint density at radius 1 is 1.58 bits per heavy atom. The summed E-state index contributed by atoms with van der Waals surface area (Å²) in [6, 6.07) is 0.350. The Balaban J connectivity index is 0.00000121. The second-order valence-corrected chi connectivity index (χ2v) is 3.01. The monoisotopic (exact) mass is 200 g/mol. The lowest BCUT2D eigenvalue weighted by Crippen LogP contribution is -2.50. The molecular weight excluding hydrogens is 186 g/mol. The zero-order chi connectivity index (χ0) is 8.27. The third-order valence-electron chi connectivity index (χ3n) is 1.85. The van der Waals surface area contributed by atoms with Crippen LogP contribution in [-0.2, 0) is 0 Å². The number of rotatable bonds is 2. The third kappa shape index (κ3) is 4.18. The van der Waals surface area contributed by atoms with Gasteiger partial charge in [0.1, 0.15) is 0 Å². The van der Waals surface area contributed by atoms with Gasteiger partial charge in [0.2, 0.25) is 0 Å². The van der Waals surface area contributed by atoms with Crippen LogP contribution in [0.4, 0.5) is 8.78 Å². The number of alkyl halides is 2. The molecule has 1 rings (SSSR count). The molecule has 12 heavy (non-hydrogen) atoms. The molecule has 0 aromatic carbocycles. The smallest absolute Gasteiger partial charge is 0.251 e. The number of hydrogen-bond acceptors (Lipinski definition) is 2. The highest BCUT2D eigenvalue weighted by atomic mass is 35.5. The molecule has 1 atom stereocenters. The summed E-state index contributed by atoms with van der Waals surface area (Å²) < 4.78 is 23.8. The summed E-state index contributed by atoms with van der Waals surface area (Å²) in [4.78, 5) is 1.80. The predicted molar refractivity (Wildman–Crippen MR) is 47.2 cm³/mol. The van der Waals surface area contributed by atoms with Gasteiger partial charge in [-0.1, -0.05) is 0 Å². The van der Waals surface area contributed by atoms with E-state index in [1.54, 1.807) is 4.90 Å². The summed E-state index contributed by atoms with van der Waals surface area (Å²) in [6.07, 6.45) is -2.19. The van der Waals surface area contributed by atoms with Gasteiger partial charge in [0, 0.05) is 25.7 Å². The average Bonchev–Trinajstić information content (AvgIpc) is 1.85. The molecule has 1 N–H and O–H groups in total. The van der Waals surface area contributed by atoms with Crippen LogP contribution < -0.4 is 5.32 Å². The number of nitrogens with zero attached hydrogens (tertiary/aromatic N) is 1. The fourth-order valence-corrected chi connectivity index (χ4v) is 1.37. The van der Waals surface area contributed by atoms with Gasteiger partial charge in [-0.25, -0.2) is 8.78 Å². The van der Waals surface area contributed by atoms with Gasteiger partial charge in [-0.15, -0.1) is 12.4 Å². The van der Waals surface area contributed by atoms with E-state index < -0.39 is 6.43 Å². The predicted octanol–water partition coefficient (Wildman–Crippen LogP) is 0.967. The second-order valence-electron chi connectivity index (χ2n) is 3.01. The molecule has 2 nitrogen and oxygen atoms in total. The van der Waals surface area contributed by atoms with Crippen molar-refractivity contribution in [3.63, 3.8) is 0 Å². The molecule has 0 aromatic rings. The van der Waals surface area contributed by atoms with Gasteiger partial charge in [0.15, 0.2) is 0 Å². The number of halogens is 3. The topological polar surface area (TPSA) is 15.3 Å². The van der Waals surface area contributed by atoms with E-state index in [0.717, 1.165) is 19.6 Å². The molecule has 1 aliphatic heterocycles. The summed E-state index contributed by atoms with van der Waals surface area (Å²) in [7, 11) is 0. The van der Waals surface area contributed by atoms with Crippen LogP contribution in [0.3, 0.4) is 0 Å². The van der Waals surface area contributed by atoms with E-state index in [1.807, 2.05) is 6.92 Å². The van der Waals surface area contributed by atoms with E-state index in [2.05, 4.69) is 5.32 Å². The molecule has 0 radical (unpaired) electrons. The summed E-state index contributed by atoms with van der Waals surface area (Å²) in [5.41, 5.74) is 0. The SMILES string of the molecule is CC1CN(CC(F)F)CCN1.Cl. The minimum atomic E-state index is -2.19. The first-order chi connectivity index (χ1) is 5.18. The largest absolute Gasteiger partial charge is 0.312 e. The molecule has 1 aliphatic rings. The summed E-state index contributed by atoms with van der Waals surface area (Å²) in [5, 5.41) is 3.20. The minimum Gasteiger partial charge on any atom is -0.312 e. The molecular formula is C7H15ClF2N2. The van der Waals surface area contributed by atoms with Gasteiger partial charge in [-0.05, 0) is 6.92 Å². The number of nitrogens with one attached hydrogen (secondary N) is 1. The highest BCUT2D eigenvalue weighted by Crippen LogP contribution is 2.02. The van der Waals surface area contributed by atoms with Crippen LogP contribution in [0, 0.1) is 0 Å². The fraction of sp³-hybridized carbons (Fsp3) is 1.00. The Kier molecular flexibility index (Phi) is 5.70.